The first-order valence-corrected chi connectivity index (χ1v) is 6.89. The standard InChI is InChI=1S/C16H12BrFO3/c1-10-2-4-12(17)9-15(10)21-14-6-5-13(18)8-11(14)3-7-16(19)20/h2-9H,1H3,(H,19,20)/b7-3+. The molecule has 0 aliphatic rings. The van der Waals surface area contributed by atoms with E-state index in [4.69, 9.17) is 9.84 Å². The summed E-state index contributed by atoms with van der Waals surface area (Å²) in [5.74, 6) is -0.571. The lowest BCUT2D eigenvalue weighted by Gasteiger charge is -2.11. The van der Waals surface area contributed by atoms with Gasteiger partial charge in [0.25, 0.3) is 0 Å². The highest BCUT2D eigenvalue weighted by molar-refractivity contribution is 9.10. The van der Waals surface area contributed by atoms with E-state index in [0.717, 1.165) is 16.1 Å². The maximum atomic E-state index is 13.3. The molecule has 0 spiro atoms. The minimum Gasteiger partial charge on any atom is -0.478 e. The average Bonchev–Trinajstić information content (AvgIpc) is 2.43. The number of rotatable bonds is 4. The van der Waals surface area contributed by atoms with Crippen LogP contribution in [0, 0.1) is 12.7 Å². The van der Waals surface area contributed by atoms with E-state index in [-0.39, 0.29) is 0 Å². The van der Waals surface area contributed by atoms with Crippen LogP contribution in [-0.2, 0) is 4.79 Å². The lowest BCUT2D eigenvalue weighted by molar-refractivity contribution is -0.131. The number of carbonyl (C=O) groups is 1. The van der Waals surface area contributed by atoms with Gasteiger partial charge < -0.3 is 9.84 Å². The second-order valence-corrected chi connectivity index (χ2v) is 5.28. The van der Waals surface area contributed by atoms with Gasteiger partial charge in [0.15, 0.2) is 0 Å². The van der Waals surface area contributed by atoms with Gasteiger partial charge in [-0.1, -0.05) is 22.0 Å². The van der Waals surface area contributed by atoms with Crippen LogP contribution in [0.15, 0.2) is 46.9 Å². The van der Waals surface area contributed by atoms with Crippen molar-refractivity contribution in [3.63, 3.8) is 0 Å². The molecule has 0 aliphatic heterocycles. The first-order valence-electron chi connectivity index (χ1n) is 6.10. The van der Waals surface area contributed by atoms with Gasteiger partial charge in [0.2, 0.25) is 0 Å². The molecule has 0 radical (unpaired) electrons. The molecule has 2 aromatic rings. The predicted octanol–water partition coefficient (Wildman–Crippen LogP) is 4.79. The van der Waals surface area contributed by atoms with Crippen LogP contribution in [0.25, 0.3) is 6.08 Å². The lowest BCUT2D eigenvalue weighted by atomic mass is 10.1. The molecule has 0 amide bonds. The number of hydrogen-bond donors (Lipinski definition) is 1. The Hall–Kier alpha value is -2.14. The second-order valence-electron chi connectivity index (χ2n) is 4.37. The first kappa shape index (κ1) is 15.3. The first-order chi connectivity index (χ1) is 9.95. The molecule has 5 heteroatoms. The molecule has 0 aromatic heterocycles. The fourth-order valence-corrected chi connectivity index (χ4v) is 2.05. The van der Waals surface area contributed by atoms with Gasteiger partial charge >= 0.3 is 5.97 Å². The summed E-state index contributed by atoms with van der Waals surface area (Å²) in [7, 11) is 0. The van der Waals surface area contributed by atoms with Gasteiger partial charge in [-0.3, -0.25) is 0 Å². The van der Waals surface area contributed by atoms with Crippen LogP contribution in [0.4, 0.5) is 4.39 Å². The second kappa shape index (κ2) is 6.54. The van der Waals surface area contributed by atoms with E-state index in [9.17, 15) is 9.18 Å². The number of ether oxygens (including phenoxy) is 1. The van der Waals surface area contributed by atoms with Crippen molar-refractivity contribution < 1.29 is 19.0 Å². The highest BCUT2D eigenvalue weighted by Gasteiger charge is 2.07. The zero-order chi connectivity index (χ0) is 15.4. The number of benzene rings is 2. The van der Waals surface area contributed by atoms with Crippen LogP contribution in [0.5, 0.6) is 11.5 Å². The molecule has 0 heterocycles. The van der Waals surface area contributed by atoms with Gasteiger partial charge in [-0.05, 0) is 48.9 Å². The van der Waals surface area contributed by atoms with Crippen molar-refractivity contribution in [3.05, 3.63) is 63.9 Å². The van der Waals surface area contributed by atoms with Crippen LogP contribution in [0.3, 0.4) is 0 Å². The smallest absolute Gasteiger partial charge is 0.328 e. The molecule has 0 saturated heterocycles. The molecular weight excluding hydrogens is 339 g/mol. The SMILES string of the molecule is Cc1ccc(Br)cc1Oc1ccc(F)cc1/C=C/C(=O)O. The van der Waals surface area contributed by atoms with Crippen LogP contribution in [-0.4, -0.2) is 11.1 Å². The summed E-state index contributed by atoms with van der Waals surface area (Å²) in [4.78, 5) is 10.6. The van der Waals surface area contributed by atoms with E-state index in [0.29, 0.717) is 17.1 Å². The van der Waals surface area contributed by atoms with Crippen LogP contribution >= 0.6 is 15.9 Å². The van der Waals surface area contributed by atoms with Crippen LogP contribution in [0.2, 0.25) is 0 Å². The third-order valence-electron chi connectivity index (χ3n) is 2.75. The zero-order valence-electron chi connectivity index (χ0n) is 11.1. The fourth-order valence-electron chi connectivity index (χ4n) is 1.71. The quantitative estimate of drug-likeness (QED) is 0.806. The highest BCUT2D eigenvalue weighted by atomic mass is 79.9. The topological polar surface area (TPSA) is 46.5 Å². The maximum absolute atomic E-state index is 13.3. The fraction of sp³-hybridized carbons (Fsp3) is 0.0625. The van der Waals surface area contributed by atoms with E-state index < -0.39 is 11.8 Å². The number of aryl methyl sites for hydroxylation is 1. The predicted molar refractivity (Wildman–Crippen MR) is 82.0 cm³/mol. The summed E-state index contributed by atoms with van der Waals surface area (Å²) >= 11 is 3.36. The van der Waals surface area contributed by atoms with Crippen molar-refractivity contribution in [3.8, 4) is 11.5 Å². The Bertz CT molecular complexity index is 711. The average molecular weight is 351 g/mol. The Morgan fingerprint density at radius 3 is 2.71 bits per heavy atom. The molecule has 1 N–H and O–H groups in total. The molecule has 2 aromatic carbocycles. The number of halogens is 2. The molecule has 0 aliphatic carbocycles. The Labute approximate surface area is 129 Å². The van der Waals surface area contributed by atoms with Gasteiger partial charge in [-0.25, -0.2) is 9.18 Å². The normalized spacial score (nSPS) is 10.8. The van der Waals surface area contributed by atoms with Crippen molar-refractivity contribution in [1.82, 2.24) is 0 Å². The highest BCUT2D eigenvalue weighted by Crippen LogP contribution is 2.31. The molecule has 2 rings (SSSR count). The number of carboxylic acid groups (broad SMARTS) is 1. The number of hydrogen-bond acceptors (Lipinski definition) is 2. The Balaban J connectivity index is 2.39. The Kier molecular flexibility index (Phi) is 4.75. The van der Waals surface area contributed by atoms with Gasteiger partial charge in [0.1, 0.15) is 17.3 Å². The van der Waals surface area contributed by atoms with Gasteiger partial charge in [0.05, 0.1) is 0 Å². The summed E-state index contributed by atoms with van der Waals surface area (Å²) in [5, 5.41) is 8.68. The van der Waals surface area contributed by atoms with Gasteiger partial charge in [-0.2, -0.15) is 0 Å². The van der Waals surface area contributed by atoms with Crippen molar-refractivity contribution in [2.24, 2.45) is 0 Å². The summed E-state index contributed by atoms with van der Waals surface area (Å²) in [6, 6.07) is 9.53. The molecule has 3 nitrogen and oxygen atoms in total. The van der Waals surface area contributed by atoms with Crippen molar-refractivity contribution in [2.45, 2.75) is 6.92 Å². The molecule has 108 valence electrons. The molecule has 0 unspecified atom stereocenters. The molecule has 0 saturated carbocycles. The van der Waals surface area contributed by atoms with Crippen molar-refractivity contribution in [1.29, 1.82) is 0 Å². The van der Waals surface area contributed by atoms with Gasteiger partial charge in [0, 0.05) is 16.1 Å². The maximum Gasteiger partial charge on any atom is 0.328 e. The lowest BCUT2D eigenvalue weighted by Crippen LogP contribution is -1.92. The van der Waals surface area contributed by atoms with Crippen molar-refractivity contribution >= 4 is 28.0 Å². The summed E-state index contributed by atoms with van der Waals surface area (Å²) in [5.41, 5.74) is 1.27. The minimum absolute atomic E-state index is 0.358. The van der Waals surface area contributed by atoms with E-state index in [2.05, 4.69) is 15.9 Å². The van der Waals surface area contributed by atoms with Gasteiger partial charge in [-0.15, -0.1) is 0 Å². The zero-order valence-corrected chi connectivity index (χ0v) is 12.7. The summed E-state index contributed by atoms with van der Waals surface area (Å²) in [6.07, 6.45) is 2.24. The Morgan fingerprint density at radius 2 is 2.00 bits per heavy atom. The van der Waals surface area contributed by atoms with Crippen LogP contribution in [0.1, 0.15) is 11.1 Å². The van der Waals surface area contributed by atoms with E-state index in [1.54, 1.807) is 6.07 Å². The summed E-state index contributed by atoms with van der Waals surface area (Å²) < 4.78 is 19.9. The monoisotopic (exact) mass is 350 g/mol. The minimum atomic E-state index is -1.11. The molecule has 0 fully saturated rings. The number of carboxylic acids is 1. The third kappa shape index (κ3) is 4.16. The third-order valence-corrected chi connectivity index (χ3v) is 3.24. The molecule has 0 bridgehead atoms. The largest absolute Gasteiger partial charge is 0.478 e. The van der Waals surface area contributed by atoms with E-state index in [1.165, 1.54) is 24.3 Å². The number of aliphatic carboxylic acids is 1. The van der Waals surface area contributed by atoms with Crippen molar-refractivity contribution in [2.75, 3.05) is 0 Å². The van der Waals surface area contributed by atoms with E-state index in [1.807, 2.05) is 19.1 Å². The molecular formula is C16H12BrFO3. The molecule has 0 atom stereocenters. The van der Waals surface area contributed by atoms with Crippen LogP contribution < -0.4 is 4.74 Å². The Morgan fingerprint density at radius 1 is 1.24 bits per heavy atom. The summed E-state index contributed by atoms with van der Waals surface area (Å²) in [6.45, 7) is 1.89. The molecule has 21 heavy (non-hydrogen) atoms. The van der Waals surface area contributed by atoms with E-state index >= 15 is 0 Å².